The quantitative estimate of drug-likeness (QED) is 0.211. The molecular weight excluding hydrogens is 502 g/mol. The number of hydroxylamine groups is 1. The van der Waals surface area contributed by atoms with E-state index in [0.29, 0.717) is 17.2 Å². The number of halogens is 6. The van der Waals surface area contributed by atoms with Gasteiger partial charge in [-0.05, 0) is 35.9 Å². The van der Waals surface area contributed by atoms with Crippen molar-refractivity contribution in [1.29, 1.82) is 0 Å². The van der Waals surface area contributed by atoms with Gasteiger partial charge >= 0.3 is 12.1 Å². The first-order chi connectivity index (χ1) is 16.3. The molecule has 3 aromatic rings. The van der Waals surface area contributed by atoms with E-state index in [-0.39, 0.29) is 22.5 Å². The molecular formula is C21H16F6N4O3S. The van der Waals surface area contributed by atoms with Gasteiger partial charge in [-0.2, -0.15) is 22.0 Å². The molecule has 2 aromatic heterocycles. The molecule has 186 valence electrons. The van der Waals surface area contributed by atoms with Crippen LogP contribution in [0, 0.1) is 5.82 Å². The van der Waals surface area contributed by atoms with Gasteiger partial charge in [0.05, 0.1) is 10.6 Å². The molecule has 0 fully saturated rings. The van der Waals surface area contributed by atoms with Crippen molar-refractivity contribution in [1.82, 2.24) is 15.4 Å². The number of alkyl halides is 5. The molecule has 0 aliphatic carbocycles. The van der Waals surface area contributed by atoms with Crippen molar-refractivity contribution in [2.45, 2.75) is 23.9 Å². The van der Waals surface area contributed by atoms with E-state index in [2.05, 4.69) is 15.0 Å². The number of hydrogen-bond acceptors (Lipinski definition) is 6. The lowest BCUT2D eigenvalue weighted by Gasteiger charge is -2.19. The number of hydrogen-bond donors (Lipinski definition) is 2. The predicted octanol–water partition coefficient (Wildman–Crippen LogP) is 4.79. The van der Waals surface area contributed by atoms with Gasteiger partial charge in [0.15, 0.2) is 21.5 Å². The number of amidine groups is 1. The zero-order chi connectivity index (χ0) is 26.0. The van der Waals surface area contributed by atoms with Crippen molar-refractivity contribution >= 4 is 21.5 Å². The van der Waals surface area contributed by atoms with Crippen LogP contribution in [0.3, 0.4) is 0 Å². The number of pyridine rings is 2. The minimum Gasteiger partial charge on any atom is -0.290 e. The van der Waals surface area contributed by atoms with Crippen molar-refractivity contribution in [3.8, 4) is 11.1 Å². The van der Waals surface area contributed by atoms with Gasteiger partial charge in [-0.25, -0.2) is 22.8 Å². The Bertz CT molecular complexity index is 1340. The number of sulfone groups is 1. The van der Waals surface area contributed by atoms with Gasteiger partial charge in [-0.1, -0.05) is 19.1 Å². The molecule has 0 saturated carbocycles. The van der Waals surface area contributed by atoms with Gasteiger partial charge in [-0.3, -0.25) is 15.7 Å². The van der Waals surface area contributed by atoms with Crippen LogP contribution in [0.15, 0.2) is 64.7 Å². The Hall–Kier alpha value is -3.52. The smallest absolute Gasteiger partial charge is 0.290 e. The molecule has 14 heteroatoms. The summed E-state index contributed by atoms with van der Waals surface area (Å²) in [4.78, 5) is 10.9. The van der Waals surface area contributed by atoms with Gasteiger partial charge in [0.2, 0.25) is 0 Å². The van der Waals surface area contributed by atoms with E-state index in [4.69, 9.17) is 0 Å². The SMILES string of the molecule is CCS(=O)(=O)c1cc(-c2ccc(F)cc2)cnc1C(=Nc1ccc(C(F)(F)C(F)(F)F)cn1)NO. The lowest BCUT2D eigenvalue weighted by molar-refractivity contribution is -0.289. The van der Waals surface area contributed by atoms with E-state index in [0.717, 1.165) is 18.2 Å². The summed E-state index contributed by atoms with van der Waals surface area (Å²) < 4.78 is 103. The monoisotopic (exact) mass is 518 g/mol. The Kier molecular flexibility index (Phi) is 7.17. The van der Waals surface area contributed by atoms with Crippen LogP contribution in [-0.2, 0) is 15.8 Å². The molecule has 0 saturated heterocycles. The third-order valence-electron chi connectivity index (χ3n) is 4.77. The van der Waals surface area contributed by atoms with Crippen LogP contribution in [0.25, 0.3) is 11.1 Å². The van der Waals surface area contributed by atoms with E-state index in [1.54, 1.807) is 5.48 Å². The maximum Gasteiger partial charge on any atom is 0.458 e. The molecule has 2 N–H and O–H groups in total. The number of aromatic nitrogens is 2. The van der Waals surface area contributed by atoms with E-state index >= 15 is 0 Å². The molecule has 0 aliphatic rings. The highest BCUT2D eigenvalue weighted by Crippen LogP contribution is 2.43. The Morgan fingerprint density at radius 1 is 1.00 bits per heavy atom. The van der Waals surface area contributed by atoms with Crippen LogP contribution in [0.5, 0.6) is 0 Å². The first-order valence-electron chi connectivity index (χ1n) is 9.69. The summed E-state index contributed by atoms with van der Waals surface area (Å²) in [6.07, 6.45) is -4.35. The number of aliphatic imine (C=N–C) groups is 1. The van der Waals surface area contributed by atoms with Crippen molar-refractivity contribution in [3.05, 3.63) is 71.9 Å². The Labute approximate surface area is 195 Å². The largest absolute Gasteiger partial charge is 0.458 e. The zero-order valence-electron chi connectivity index (χ0n) is 17.7. The summed E-state index contributed by atoms with van der Waals surface area (Å²) in [5.41, 5.74) is 0.586. The predicted molar refractivity (Wildman–Crippen MR) is 113 cm³/mol. The second-order valence-corrected chi connectivity index (χ2v) is 9.28. The Morgan fingerprint density at radius 3 is 2.17 bits per heavy atom. The highest BCUT2D eigenvalue weighted by molar-refractivity contribution is 7.91. The molecule has 0 amide bonds. The molecule has 3 rings (SSSR count). The average molecular weight is 518 g/mol. The molecule has 7 nitrogen and oxygen atoms in total. The molecule has 35 heavy (non-hydrogen) atoms. The topological polar surface area (TPSA) is 105 Å². The molecule has 0 unspecified atom stereocenters. The summed E-state index contributed by atoms with van der Waals surface area (Å²) in [5.74, 6) is -7.02. The third kappa shape index (κ3) is 5.43. The lowest BCUT2D eigenvalue weighted by Crippen LogP contribution is -2.33. The van der Waals surface area contributed by atoms with Crippen LogP contribution in [0.1, 0.15) is 18.2 Å². The maximum absolute atomic E-state index is 13.5. The minimum absolute atomic E-state index is 0.260. The summed E-state index contributed by atoms with van der Waals surface area (Å²) in [6, 6.07) is 7.53. The fraction of sp³-hybridized carbons (Fsp3) is 0.190. The molecule has 0 spiro atoms. The number of benzene rings is 1. The van der Waals surface area contributed by atoms with E-state index < -0.39 is 45.0 Å². The maximum atomic E-state index is 13.5. The van der Waals surface area contributed by atoms with Gasteiger partial charge in [0.1, 0.15) is 11.5 Å². The molecule has 0 radical (unpaired) electrons. The molecule has 2 heterocycles. The Morgan fingerprint density at radius 2 is 1.66 bits per heavy atom. The molecule has 1 aromatic carbocycles. The van der Waals surface area contributed by atoms with Crippen LogP contribution < -0.4 is 5.48 Å². The molecule has 0 bridgehead atoms. The van der Waals surface area contributed by atoms with Crippen LogP contribution >= 0.6 is 0 Å². The van der Waals surface area contributed by atoms with Crippen LogP contribution in [0.2, 0.25) is 0 Å². The number of nitrogens with one attached hydrogen (secondary N) is 1. The highest BCUT2D eigenvalue weighted by Gasteiger charge is 2.58. The van der Waals surface area contributed by atoms with Crippen LogP contribution in [0.4, 0.5) is 32.2 Å². The van der Waals surface area contributed by atoms with Crippen molar-refractivity contribution in [2.75, 3.05) is 5.75 Å². The number of rotatable bonds is 6. The normalized spacial score (nSPS) is 13.1. The summed E-state index contributed by atoms with van der Waals surface area (Å²) in [6.45, 7) is 1.36. The first kappa shape index (κ1) is 26.1. The lowest BCUT2D eigenvalue weighted by atomic mass is 10.1. The van der Waals surface area contributed by atoms with E-state index in [9.17, 15) is 40.0 Å². The summed E-state index contributed by atoms with van der Waals surface area (Å²) in [7, 11) is -3.97. The zero-order valence-corrected chi connectivity index (χ0v) is 18.5. The molecule has 0 atom stereocenters. The summed E-state index contributed by atoms with van der Waals surface area (Å²) >= 11 is 0. The second-order valence-electron chi connectivity index (χ2n) is 7.03. The third-order valence-corrected chi connectivity index (χ3v) is 6.51. The Balaban J connectivity index is 2.08. The van der Waals surface area contributed by atoms with Gasteiger partial charge in [0, 0.05) is 23.5 Å². The standard InChI is InChI=1S/C21H16F6N4O3S/c1-2-35(33,34)16-9-13(12-3-6-15(22)7-4-12)10-29-18(16)19(31-32)30-17-8-5-14(11-28-17)20(23,24)21(25,26)27/h3-11,32H,2H2,1H3,(H,28,30,31). The minimum atomic E-state index is -5.84. The van der Waals surface area contributed by atoms with E-state index in [1.165, 1.54) is 31.3 Å². The molecule has 0 aliphatic heterocycles. The summed E-state index contributed by atoms with van der Waals surface area (Å²) in [5, 5.41) is 9.56. The van der Waals surface area contributed by atoms with Gasteiger partial charge in [-0.15, -0.1) is 0 Å². The average Bonchev–Trinajstić information content (AvgIpc) is 2.82. The van der Waals surface area contributed by atoms with Gasteiger partial charge < -0.3 is 0 Å². The second kappa shape index (κ2) is 9.62. The van der Waals surface area contributed by atoms with Gasteiger partial charge in [0.25, 0.3) is 0 Å². The fourth-order valence-corrected chi connectivity index (χ4v) is 3.92. The van der Waals surface area contributed by atoms with Crippen molar-refractivity contribution in [3.63, 3.8) is 0 Å². The van der Waals surface area contributed by atoms with Crippen molar-refractivity contribution < 1.29 is 40.0 Å². The first-order valence-corrected chi connectivity index (χ1v) is 11.3. The van der Waals surface area contributed by atoms with Crippen molar-refractivity contribution in [2.24, 2.45) is 4.99 Å². The van der Waals surface area contributed by atoms with E-state index in [1.807, 2.05) is 0 Å². The number of nitrogens with zero attached hydrogens (tertiary/aromatic N) is 3. The highest BCUT2D eigenvalue weighted by atomic mass is 32.2. The van der Waals surface area contributed by atoms with Crippen LogP contribution in [-0.4, -0.2) is 41.4 Å². The fourth-order valence-electron chi connectivity index (χ4n) is 2.86.